The zero-order valence-electron chi connectivity index (χ0n) is 26.5. The number of fused-ring (bicyclic) bond motifs is 2. The zero-order valence-corrected chi connectivity index (χ0v) is 26.5. The molecule has 3 N–H and O–H groups in total. The van der Waals surface area contributed by atoms with E-state index in [1.165, 1.54) is 6.07 Å². The molecule has 1 aliphatic carbocycles. The summed E-state index contributed by atoms with van der Waals surface area (Å²) in [7, 11) is 1.71. The van der Waals surface area contributed by atoms with E-state index in [0.29, 0.717) is 53.1 Å². The highest BCUT2D eigenvalue weighted by Crippen LogP contribution is 2.47. The smallest absolute Gasteiger partial charge is 0.319 e. The SMILES string of the molecule is C#Cc1c(F)ccc2cccc(-c3nc(NC)c4c(NCCNCCCC)nc(OCC5(CN6CCOCC6)CC5)nc4c3F)c12. The van der Waals surface area contributed by atoms with E-state index in [1.807, 2.05) is 6.07 Å². The summed E-state index contributed by atoms with van der Waals surface area (Å²) in [5.74, 6) is 2.02. The van der Waals surface area contributed by atoms with Gasteiger partial charge in [-0.3, -0.25) is 4.90 Å². The van der Waals surface area contributed by atoms with Gasteiger partial charge in [0.1, 0.15) is 28.7 Å². The van der Waals surface area contributed by atoms with Crippen molar-refractivity contribution in [2.75, 3.05) is 76.8 Å². The van der Waals surface area contributed by atoms with Crippen molar-refractivity contribution in [1.29, 1.82) is 0 Å². The molecule has 0 amide bonds. The predicted molar refractivity (Wildman–Crippen MR) is 178 cm³/mol. The van der Waals surface area contributed by atoms with Gasteiger partial charge in [-0.2, -0.15) is 9.97 Å². The number of ether oxygens (including phenoxy) is 2. The molecule has 6 rings (SSSR count). The van der Waals surface area contributed by atoms with Crippen LogP contribution in [0.4, 0.5) is 20.4 Å². The summed E-state index contributed by atoms with van der Waals surface area (Å²) >= 11 is 0. The second kappa shape index (κ2) is 14.1. The molecule has 11 heteroatoms. The lowest BCUT2D eigenvalue weighted by Crippen LogP contribution is -2.41. The van der Waals surface area contributed by atoms with Crippen LogP contribution in [0.15, 0.2) is 30.3 Å². The quantitative estimate of drug-likeness (QED) is 0.125. The Kier molecular flexibility index (Phi) is 9.78. The van der Waals surface area contributed by atoms with Crippen LogP contribution in [-0.2, 0) is 4.74 Å². The molecule has 0 spiro atoms. The molecule has 0 bridgehead atoms. The summed E-state index contributed by atoms with van der Waals surface area (Å²) in [5.41, 5.74) is 0.504. The number of aromatic nitrogens is 3. The first-order valence-corrected chi connectivity index (χ1v) is 16.1. The Morgan fingerprint density at radius 1 is 1.02 bits per heavy atom. The summed E-state index contributed by atoms with van der Waals surface area (Å²) in [6.07, 6.45) is 10.0. The Hall–Kier alpha value is -4.11. The number of terminal acetylenes is 1. The monoisotopic (exact) mass is 629 g/mol. The topological polar surface area (TPSA) is 96.5 Å². The van der Waals surface area contributed by atoms with Crippen LogP contribution in [-0.4, -0.2) is 86.0 Å². The van der Waals surface area contributed by atoms with Gasteiger partial charge >= 0.3 is 6.01 Å². The third-order valence-corrected chi connectivity index (χ3v) is 8.82. The van der Waals surface area contributed by atoms with E-state index in [1.54, 1.807) is 25.2 Å². The molecule has 242 valence electrons. The Labute approximate surface area is 268 Å². The molecule has 2 aromatic carbocycles. The zero-order chi connectivity index (χ0) is 32.1. The van der Waals surface area contributed by atoms with Crippen LogP contribution in [0.1, 0.15) is 38.2 Å². The van der Waals surface area contributed by atoms with Gasteiger partial charge in [0.2, 0.25) is 0 Å². The molecule has 0 atom stereocenters. The van der Waals surface area contributed by atoms with Crippen molar-refractivity contribution in [3.63, 3.8) is 0 Å². The number of hydrogen-bond acceptors (Lipinski definition) is 9. The average Bonchev–Trinajstić information content (AvgIpc) is 3.85. The molecule has 4 aromatic rings. The lowest BCUT2D eigenvalue weighted by Gasteiger charge is -2.30. The van der Waals surface area contributed by atoms with E-state index >= 15 is 4.39 Å². The highest BCUT2D eigenvalue weighted by atomic mass is 19.1. The van der Waals surface area contributed by atoms with Gasteiger partial charge in [0.25, 0.3) is 0 Å². The second-order valence-electron chi connectivity index (χ2n) is 12.1. The van der Waals surface area contributed by atoms with Crippen molar-refractivity contribution in [3.8, 4) is 29.6 Å². The summed E-state index contributed by atoms with van der Waals surface area (Å²) in [6, 6.07) is 8.32. The standard InChI is InChI=1S/C35H41F2N7O2/c1-4-6-14-39-15-16-40-33-28-31(42-34(43-33)46-22-35(12-13-35)21-44-17-19-45-20-18-44)29(37)30(41-32(28)38-3)25-9-7-8-23-10-11-26(36)24(5-2)27(23)25/h2,7-11,39H,4,6,12-22H2,1,3H3,(H,38,41)(H,40,42,43). The number of halogens is 2. The fourth-order valence-electron chi connectivity index (χ4n) is 6.07. The van der Waals surface area contributed by atoms with Gasteiger partial charge in [-0.25, -0.2) is 13.8 Å². The minimum atomic E-state index is -0.667. The van der Waals surface area contributed by atoms with Gasteiger partial charge in [-0.15, -0.1) is 6.42 Å². The van der Waals surface area contributed by atoms with E-state index < -0.39 is 11.6 Å². The van der Waals surface area contributed by atoms with Crippen LogP contribution in [0.3, 0.4) is 0 Å². The van der Waals surface area contributed by atoms with Crippen molar-refractivity contribution < 1.29 is 18.3 Å². The molecule has 46 heavy (non-hydrogen) atoms. The first-order chi connectivity index (χ1) is 22.5. The van der Waals surface area contributed by atoms with Crippen LogP contribution in [0.25, 0.3) is 32.9 Å². The maximum Gasteiger partial charge on any atom is 0.319 e. The predicted octanol–water partition coefficient (Wildman–Crippen LogP) is 5.44. The van der Waals surface area contributed by atoms with Gasteiger partial charge in [0.15, 0.2) is 5.82 Å². The van der Waals surface area contributed by atoms with Crippen LogP contribution in [0, 0.1) is 29.4 Å². The molecule has 2 aromatic heterocycles. The summed E-state index contributed by atoms with van der Waals surface area (Å²) < 4.78 is 43.4. The van der Waals surface area contributed by atoms with Gasteiger partial charge in [0, 0.05) is 56.1 Å². The number of nitrogens with zero attached hydrogens (tertiary/aromatic N) is 4. The van der Waals surface area contributed by atoms with E-state index in [4.69, 9.17) is 25.9 Å². The van der Waals surface area contributed by atoms with Gasteiger partial charge in [-0.05, 0) is 37.3 Å². The van der Waals surface area contributed by atoms with Crippen molar-refractivity contribution in [2.24, 2.45) is 5.41 Å². The highest BCUT2D eigenvalue weighted by molar-refractivity contribution is 6.05. The number of rotatable bonds is 14. The fourth-order valence-corrected chi connectivity index (χ4v) is 6.07. The number of anilines is 2. The normalized spacial score (nSPS) is 16.0. The Bertz CT molecular complexity index is 1750. The number of morpholine rings is 1. The molecule has 0 unspecified atom stereocenters. The number of hydrogen-bond donors (Lipinski definition) is 3. The Balaban J connectivity index is 1.40. The molecular formula is C35H41F2N7O2. The Morgan fingerprint density at radius 2 is 1.85 bits per heavy atom. The van der Waals surface area contributed by atoms with Crippen molar-refractivity contribution in [1.82, 2.24) is 25.2 Å². The maximum atomic E-state index is 16.8. The van der Waals surface area contributed by atoms with Gasteiger partial charge in [0.05, 0.1) is 30.8 Å². The average molecular weight is 630 g/mol. The van der Waals surface area contributed by atoms with Gasteiger partial charge in [-0.1, -0.05) is 43.5 Å². The number of nitrogens with one attached hydrogen (secondary N) is 3. The molecule has 1 aliphatic heterocycles. The number of pyridine rings is 1. The molecule has 2 aliphatic rings. The van der Waals surface area contributed by atoms with E-state index in [9.17, 15) is 4.39 Å². The second-order valence-corrected chi connectivity index (χ2v) is 12.1. The van der Waals surface area contributed by atoms with E-state index in [-0.39, 0.29) is 28.2 Å². The summed E-state index contributed by atoms with van der Waals surface area (Å²) in [4.78, 5) is 16.5. The largest absolute Gasteiger partial charge is 0.463 e. The van der Waals surface area contributed by atoms with Crippen molar-refractivity contribution in [2.45, 2.75) is 32.6 Å². The third-order valence-electron chi connectivity index (χ3n) is 8.82. The molecule has 2 fully saturated rings. The maximum absolute atomic E-state index is 16.8. The van der Waals surface area contributed by atoms with Crippen LogP contribution < -0.4 is 20.7 Å². The van der Waals surface area contributed by atoms with Crippen LogP contribution >= 0.6 is 0 Å². The first-order valence-electron chi connectivity index (χ1n) is 16.1. The first kappa shape index (κ1) is 31.9. The number of unbranched alkanes of at least 4 members (excludes halogenated alkanes) is 1. The minimum Gasteiger partial charge on any atom is -0.463 e. The molecular weight excluding hydrogens is 588 g/mol. The van der Waals surface area contributed by atoms with Crippen molar-refractivity contribution >= 4 is 33.3 Å². The van der Waals surface area contributed by atoms with Crippen LogP contribution in [0.5, 0.6) is 6.01 Å². The van der Waals surface area contributed by atoms with Crippen molar-refractivity contribution in [3.05, 3.63) is 47.5 Å². The molecule has 9 nitrogen and oxygen atoms in total. The lowest BCUT2D eigenvalue weighted by molar-refractivity contribution is 0.0231. The van der Waals surface area contributed by atoms with E-state index in [2.05, 4.69) is 38.7 Å². The molecule has 0 radical (unpaired) electrons. The van der Waals surface area contributed by atoms with Crippen LogP contribution in [0.2, 0.25) is 0 Å². The number of benzene rings is 2. The molecule has 1 saturated heterocycles. The highest BCUT2D eigenvalue weighted by Gasteiger charge is 2.45. The summed E-state index contributed by atoms with van der Waals surface area (Å²) in [6.45, 7) is 8.95. The Morgan fingerprint density at radius 3 is 2.59 bits per heavy atom. The lowest BCUT2D eigenvalue weighted by atomic mass is 9.96. The summed E-state index contributed by atoms with van der Waals surface area (Å²) in [5, 5.41) is 11.4. The fraction of sp³-hybridized carbons (Fsp3) is 0.457. The molecule has 1 saturated carbocycles. The molecule has 3 heterocycles. The van der Waals surface area contributed by atoms with E-state index in [0.717, 1.165) is 65.1 Å². The third kappa shape index (κ3) is 6.70. The minimum absolute atomic E-state index is 0.00682. The van der Waals surface area contributed by atoms with Gasteiger partial charge < -0.3 is 25.4 Å².